The summed E-state index contributed by atoms with van der Waals surface area (Å²) in [5.41, 5.74) is 8.99. The Morgan fingerprint density at radius 3 is 2.26 bits per heavy atom. The van der Waals surface area contributed by atoms with Crippen molar-refractivity contribution in [3.05, 3.63) is 89.7 Å². The van der Waals surface area contributed by atoms with Crippen LogP contribution in [-0.4, -0.2) is 32.4 Å². The van der Waals surface area contributed by atoms with Crippen molar-refractivity contribution < 1.29 is 0 Å². The molecule has 0 radical (unpaired) electrons. The summed E-state index contributed by atoms with van der Waals surface area (Å²) in [7, 11) is 1.86. The molecular formula is C30H42N4. The SMILES string of the molecule is C=C/C(=C\NC)C(=C)/C=N\c1ccc(N(CCNC(C)C)c2cc(CC)cc(CC)c2)cc1C. The molecule has 4 nitrogen and oxygen atoms in total. The summed E-state index contributed by atoms with van der Waals surface area (Å²) in [6.45, 7) is 20.7. The lowest BCUT2D eigenvalue weighted by Crippen LogP contribution is -2.32. The van der Waals surface area contributed by atoms with Crippen molar-refractivity contribution >= 4 is 23.3 Å². The van der Waals surface area contributed by atoms with Gasteiger partial charge >= 0.3 is 0 Å². The Labute approximate surface area is 207 Å². The summed E-state index contributed by atoms with van der Waals surface area (Å²) in [6, 6.07) is 13.9. The highest BCUT2D eigenvalue weighted by atomic mass is 15.2. The molecule has 2 aromatic rings. The van der Waals surface area contributed by atoms with Crippen molar-refractivity contribution in [2.45, 2.75) is 53.5 Å². The quantitative estimate of drug-likeness (QED) is 0.256. The number of nitrogens with one attached hydrogen (secondary N) is 2. The summed E-state index contributed by atoms with van der Waals surface area (Å²) in [5, 5.41) is 6.58. The first-order valence-electron chi connectivity index (χ1n) is 12.3. The summed E-state index contributed by atoms with van der Waals surface area (Å²) in [6.07, 6.45) is 7.51. The third-order valence-corrected chi connectivity index (χ3v) is 5.80. The lowest BCUT2D eigenvalue weighted by Gasteiger charge is -2.27. The minimum absolute atomic E-state index is 0.457. The van der Waals surface area contributed by atoms with Gasteiger partial charge in [-0.25, -0.2) is 0 Å². The molecule has 2 aromatic carbocycles. The fourth-order valence-corrected chi connectivity index (χ4v) is 3.79. The van der Waals surface area contributed by atoms with Gasteiger partial charge in [-0.2, -0.15) is 0 Å². The number of anilines is 2. The van der Waals surface area contributed by atoms with Gasteiger partial charge in [0.15, 0.2) is 0 Å². The highest BCUT2D eigenvalue weighted by Crippen LogP contribution is 2.31. The van der Waals surface area contributed by atoms with Crippen LogP contribution >= 0.6 is 0 Å². The van der Waals surface area contributed by atoms with E-state index in [-0.39, 0.29) is 0 Å². The molecule has 182 valence electrons. The van der Waals surface area contributed by atoms with E-state index >= 15 is 0 Å². The highest BCUT2D eigenvalue weighted by Gasteiger charge is 2.13. The number of aliphatic imine (C=N–C) groups is 1. The molecule has 0 aliphatic heterocycles. The molecular weight excluding hydrogens is 416 g/mol. The van der Waals surface area contributed by atoms with Crippen molar-refractivity contribution in [3.8, 4) is 0 Å². The van der Waals surface area contributed by atoms with Gasteiger partial charge in [-0.1, -0.05) is 53.0 Å². The molecule has 0 aliphatic rings. The van der Waals surface area contributed by atoms with Gasteiger partial charge in [0, 0.05) is 50.0 Å². The number of benzene rings is 2. The minimum atomic E-state index is 0.457. The van der Waals surface area contributed by atoms with E-state index in [1.807, 2.05) is 13.2 Å². The Balaban J connectivity index is 2.39. The van der Waals surface area contributed by atoms with Crippen LogP contribution in [0.1, 0.15) is 44.4 Å². The molecule has 0 aromatic heterocycles. The molecule has 0 bridgehead atoms. The van der Waals surface area contributed by atoms with E-state index in [1.54, 1.807) is 12.3 Å². The molecule has 0 saturated heterocycles. The normalized spacial score (nSPS) is 11.8. The van der Waals surface area contributed by atoms with Crippen molar-refractivity contribution in [2.75, 3.05) is 25.0 Å². The first kappa shape index (κ1) is 27.1. The molecule has 2 rings (SSSR count). The van der Waals surface area contributed by atoms with E-state index in [2.05, 4.69) is 99.7 Å². The predicted octanol–water partition coefficient (Wildman–Crippen LogP) is 6.80. The van der Waals surface area contributed by atoms with Gasteiger partial charge in [0.05, 0.1) is 5.69 Å². The Hall–Kier alpha value is -3.11. The summed E-state index contributed by atoms with van der Waals surface area (Å²) < 4.78 is 0. The highest BCUT2D eigenvalue weighted by molar-refractivity contribution is 5.87. The van der Waals surface area contributed by atoms with E-state index in [4.69, 9.17) is 4.99 Å². The fraction of sp³-hybridized carbons (Fsp3) is 0.367. The molecule has 4 heteroatoms. The molecule has 0 unspecified atom stereocenters. The standard InChI is InChI=1S/C30H42N4/c1-9-25-17-26(10-2)19-29(18-25)34(15-14-32-22(4)5)28-12-13-30(23(6)16-28)33-20-24(7)27(11-3)21-31-8/h11-13,16-22,31-32H,3,7,9-10,14-15H2,1-2,4-6,8H3/b27-21+,33-20-. The number of hydrogen-bond donors (Lipinski definition) is 2. The Kier molecular flexibility index (Phi) is 10.8. The first-order chi connectivity index (χ1) is 16.3. The molecule has 0 saturated carbocycles. The van der Waals surface area contributed by atoms with E-state index in [9.17, 15) is 0 Å². The van der Waals surface area contributed by atoms with Gasteiger partial charge in [0.2, 0.25) is 0 Å². The zero-order valence-electron chi connectivity index (χ0n) is 21.9. The Morgan fingerprint density at radius 2 is 1.74 bits per heavy atom. The van der Waals surface area contributed by atoms with Crippen LogP contribution in [0, 0.1) is 6.92 Å². The van der Waals surface area contributed by atoms with E-state index in [0.29, 0.717) is 6.04 Å². The van der Waals surface area contributed by atoms with Crippen molar-refractivity contribution in [1.29, 1.82) is 0 Å². The lowest BCUT2D eigenvalue weighted by atomic mass is 10.0. The van der Waals surface area contributed by atoms with Gasteiger partial charge in [-0.15, -0.1) is 0 Å². The number of allylic oxidation sites excluding steroid dienone is 3. The predicted molar refractivity (Wildman–Crippen MR) is 151 cm³/mol. The van der Waals surface area contributed by atoms with Crippen LogP contribution in [0.2, 0.25) is 0 Å². The average Bonchev–Trinajstić information content (AvgIpc) is 2.83. The second-order valence-electron chi connectivity index (χ2n) is 8.82. The van der Waals surface area contributed by atoms with Gasteiger partial charge in [0.25, 0.3) is 0 Å². The maximum Gasteiger partial charge on any atom is 0.0660 e. The summed E-state index contributed by atoms with van der Waals surface area (Å²) in [5.74, 6) is 0. The topological polar surface area (TPSA) is 39.7 Å². The van der Waals surface area contributed by atoms with Crippen LogP contribution in [0.5, 0.6) is 0 Å². The van der Waals surface area contributed by atoms with Gasteiger partial charge in [0.1, 0.15) is 0 Å². The zero-order valence-corrected chi connectivity index (χ0v) is 21.9. The molecule has 2 N–H and O–H groups in total. The third-order valence-electron chi connectivity index (χ3n) is 5.80. The zero-order chi connectivity index (χ0) is 25.1. The minimum Gasteiger partial charge on any atom is -0.393 e. The number of nitrogens with zero attached hydrogens (tertiary/aromatic N) is 2. The van der Waals surface area contributed by atoms with Crippen LogP contribution in [0.25, 0.3) is 0 Å². The molecule has 0 spiro atoms. The molecule has 0 aliphatic carbocycles. The number of rotatable bonds is 13. The Bertz CT molecular complexity index is 1010. The average molecular weight is 459 g/mol. The maximum absolute atomic E-state index is 4.70. The van der Waals surface area contributed by atoms with Gasteiger partial charge in [-0.05, 0) is 77.9 Å². The van der Waals surface area contributed by atoms with Gasteiger partial charge in [-0.3, -0.25) is 4.99 Å². The smallest absolute Gasteiger partial charge is 0.0660 e. The second kappa shape index (κ2) is 13.6. The molecule has 34 heavy (non-hydrogen) atoms. The van der Waals surface area contributed by atoms with Crippen molar-refractivity contribution in [3.63, 3.8) is 0 Å². The van der Waals surface area contributed by atoms with E-state index in [1.165, 1.54) is 22.5 Å². The fourth-order valence-electron chi connectivity index (χ4n) is 3.79. The van der Waals surface area contributed by atoms with Crippen LogP contribution in [0.4, 0.5) is 17.1 Å². The lowest BCUT2D eigenvalue weighted by molar-refractivity contribution is 0.593. The van der Waals surface area contributed by atoms with Gasteiger partial charge < -0.3 is 15.5 Å². The molecule has 0 amide bonds. The summed E-state index contributed by atoms with van der Waals surface area (Å²) >= 11 is 0. The van der Waals surface area contributed by atoms with Crippen LogP contribution in [-0.2, 0) is 12.8 Å². The molecule has 0 fully saturated rings. The number of aryl methyl sites for hydroxylation is 3. The molecule has 0 heterocycles. The van der Waals surface area contributed by atoms with Crippen molar-refractivity contribution in [2.24, 2.45) is 4.99 Å². The van der Waals surface area contributed by atoms with Crippen LogP contribution in [0.15, 0.2) is 78.0 Å². The maximum atomic E-state index is 4.70. The van der Waals surface area contributed by atoms with Crippen LogP contribution in [0.3, 0.4) is 0 Å². The largest absolute Gasteiger partial charge is 0.393 e. The summed E-state index contributed by atoms with van der Waals surface area (Å²) in [4.78, 5) is 7.11. The van der Waals surface area contributed by atoms with E-state index in [0.717, 1.165) is 48.3 Å². The van der Waals surface area contributed by atoms with Crippen molar-refractivity contribution in [1.82, 2.24) is 10.6 Å². The Morgan fingerprint density at radius 1 is 1.06 bits per heavy atom. The van der Waals surface area contributed by atoms with Crippen LogP contribution < -0.4 is 15.5 Å². The molecule has 0 atom stereocenters. The second-order valence-corrected chi connectivity index (χ2v) is 8.82. The monoisotopic (exact) mass is 458 g/mol. The first-order valence-corrected chi connectivity index (χ1v) is 12.3. The number of hydrogen-bond acceptors (Lipinski definition) is 4. The van der Waals surface area contributed by atoms with E-state index < -0.39 is 0 Å². The third kappa shape index (κ3) is 7.74.